The number of likely N-dealkylation sites (tertiary alicyclic amines) is 2. The zero-order valence-corrected chi connectivity index (χ0v) is 67.4. The van der Waals surface area contributed by atoms with Gasteiger partial charge in [-0.1, -0.05) is 228 Å². The van der Waals surface area contributed by atoms with Crippen LogP contribution in [0.25, 0.3) is 0 Å². The molecule has 0 aliphatic carbocycles. The molecule has 9 rings (SSSR count). The van der Waals surface area contributed by atoms with E-state index in [1.54, 1.807) is 17.3 Å². The number of rotatable bonds is 24. The van der Waals surface area contributed by atoms with Crippen LogP contribution in [0.4, 0.5) is 0 Å². The summed E-state index contributed by atoms with van der Waals surface area (Å²) in [6.45, 7) is 50.3. The number of ether oxygens (including phenoxy) is 1. The van der Waals surface area contributed by atoms with Crippen molar-refractivity contribution in [3.8, 4) is 0 Å². The monoisotopic (exact) mass is 1410 g/mol. The number of nitrogens with one attached hydrogen (secondary N) is 1. The molecule has 1 aromatic heterocycles. The smallest absolute Gasteiger partial charge is 0.253 e. The Labute approximate surface area is 624 Å². The summed E-state index contributed by atoms with van der Waals surface area (Å²) in [5, 5.41) is 2.98. The van der Waals surface area contributed by atoms with Crippen molar-refractivity contribution < 1.29 is 28.7 Å². The quantitative estimate of drug-likeness (QED) is 0.0584. The molecule has 1 N–H and O–H groups in total. The fraction of sp³-hybridized carbons (Fsp3) is 0.560. The molecule has 0 saturated carbocycles. The highest BCUT2D eigenvalue weighted by Crippen LogP contribution is 2.29. The van der Waals surface area contributed by atoms with Gasteiger partial charge in [0.05, 0.1) is 6.10 Å². The van der Waals surface area contributed by atoms with Gasteiger partial charge in [-0.25, -0.2) is 0 Å². The number of hydrogen-bond donors (Lipinski definition) is 1. The number of hydrogen-bond acceptors (Lipinski definition) is 10. The number of carbonyl (C=O) groups is 5. The Balaban J connectivity index is 0.000000232. The molecule has 3 saturated heterocycles. The van der Waals surface area contributed by atoms with Crippen molar-refractivity contribution >= 4 is 29.2 Å². The van der Waals surface area contributed by atoms with Crippen molar-refractivity contribution in [3.05, 3.63) is 207 Å². The summed E-state index contributed by atoms with van der Waals surface area (Å²) in [5.74, 6) is 0.883. The molecule has 3 aliphatic heterocycles. The molecule has 0 spiro atoms. The van der Waals surface area contributed by atoms with Crippen LogP contribution in [-0.2, 0) is 38.2 Å². The lowest BCUT2D eigenvalue weighted by Gasteiger charge is -2.26. The maximum Gasteiger partial charge on any atom is 0.253 e. The van der Waals surface area contributed by atoms with E-state index in [0.717, 1.165) is 106 Å². The van der Waals surface area contributed by atoms with Crippen LogP contribution in [0.2, 0.25) is 0 Å². The molecule has 0 bridgehead atoms. The molecule has 564 valence electrons. The number of likely N-dealkylation sites (N-methyl/N-ethyl adjacent to an activating group) is 2. The van der Waals surface area contributed by atoms with E-state index in [0.29, 0.717) is 50.3 Å². The average molecular weight is 1410 g/mol. The van der Waals surface area contributed by atoms with Crippen molar-refractivity contribution in [1.29, 1.82) is 0 Å². The summed E-state index contributed by atoms with van der Waals surface area (Å²) in [4.78, 5) is 74.2. The van der Waals surface area contributed by atoms with Gasteiger partial charge in [0.25, 0.3) is 11.8 Å². The van der Waals surface area contributed by atoms with Crippen molar-refractivity contribution in [1.82, 2.24) is 29.9 Å². The summed E-state index contributed by atoms with van der Waals surface area (Å²) in [6, 6.07) is 44.8. The number of carbonyl (C=O) groups excluding carboxylic acids is 5. The predicted octanol–water partition coefficient (Wildman–Crippen LogP) is 19.7. The van der Waals surface area contributed by atoms with E-state index in [1.165, 1.54) is 85.1 Å². The van der Waals surface area contributed by atoms with E-state index in [1.807, 2.05) is 104 Å². The molecule has 103 heavy (non-hydrogen) atoms. The van der Waals surface area contributed by atoms with Crippen molar-refractivity contribution in [2.24, 2.45) is 0 Å². The van der Waals surface area contributed by atoms with Gasteiger partial charge in [0.15, 0.2) is 17.3 Å². The van der Waals surface area contributed by atoms with E-state index < -0.39 is 0 Å². The second-order valence-corrected chi connectivity index (χ2v) is 33.7. The summed E-state index contributed by atoms with van der Waals surface area (Å²) in [6.07, 6.45) is 18.3. The van der Waals surface area contributed by atoms with Gasteiger partial charge in [0, 0.05) is 98.8 Å². The Bertz CT molecular complexity index is 3440. The SMILES string of the molecule is CC(C)(C)c1ccc(C(=O)CCC2CCCO2)cc1.CC(C)(C)c1ccc(C(=O)CCCN2CCCCC2)cc1.CCN(CC)CCNC(=O)c1ccc(C(C)(C)C)cc1.CCN1CCCC1CCC(=O)c1ccc(C(C)(C)C)cc1.CN(CCc1ccncc1)C(=O)c1ccc(C(C)(C)C)cc1. The number of aromatic nitrogens is 1. The Hall–Kier alpha value is -6.96. The number of pyridine rings is 1. The minimum absolute atomic E-state index is 0.0117. The highest BCUT2D eigenvalue weighted by Gasteiger charge is 2.25. The zero-order valence-electron chi connectivity index (χ0n) is 67.4. The molecule has 6 aromatic rings. The van der Waals surface area contributed by atoms with Crippen LogP contribution >= 0.6 is 0 Å². The third-order valence-electron chi connectivity index (χ3n) is 20.3. The van der Waals surface area contributed by atoms with Gasteiger partial charge in [0.2, 0.25) is 0 Å². The van der Waals surface area contributed by atoms with Gasteiger partial charge < -0.3 is 29.7 Å². The fourth-order valence-electron chi connectivity index (χ4n) is 13.0. The second-order valence-electron chi connectivity index (χ2n) is 33.7. The van der Waals surface area contributed by atoms with E-state index in [2.05, 4.69) is 186 Å². The van der Waals surface area contributed by atoms with Crippen LogP contribution in [0.15, 0.2) is 146 Å². The minimum Gasteiger partial charge on any atom is -0.378 e. The number of nitrogens with zero attached hydrogens (tertiary/aromatic N) is 5. The van der Waals surface area contributed by atoms with Gasteiger partial charge in [-0.15, -0.1) is 0 Å². The highest BCUT2D eigenvalue weighted by molar-refractivity contribution is 5.97. The number of piperidine rings is 1. The summed E-state index contributed by atoms with van der Waals surface area (Å²) in [5.41, 5.74) is 12.2. The molecular formula is C91H134N6O6. The van der Waals surface area contributed by atoms with Crippen molar-refractivity contribution in [2.75, 3.05) is 79.1 Å². The highest BCUT2D eigenvalue weighted by atomic mass is 16.5. The first kappa shape index (κ1) is 86.7. The average Bonchev–Trinajstić information content (AvgIpc) is 1.11. The van der Waals surface area contributed by atoms with Gasteiger partial charge in [-0.3, -0.25) is 29.0 Å². The normalized spacial score (nSPS) is 15.8. The third-order valence-corrected chi connectivity index (χ3v) is 20.3. The molecule has 2 amide bonds. The second kappa shape index (κ2) is 42.3. The molecule has 2 atom stereocenters. The first-order valence-corrected chi connectivity index (χ1v) is 39.0. The minimum atomic E-state index is 0.0117. The summed E-state index contributed by atoms with van der Waals surface area (Å²) < 4.78 is 5.55. The molecule has 5 aromatic carbocycles. The lowest BCUT2D eigenvalue weighted by atomic mass is 9.86. The van der Waals surface area contributed by atoms with Crippen LogP contribution in [0.5, 0.6) is 0 Å². The van der Waals surface area contributed by atoms with E-state index in [-0.39, 0.29) is 50.5 Å². The Morgan fingerprint density at radius 1 is 0.476 bits per heavy atom. The molecule has 12 nitrogen and oxygen atoms in total. The van der Waals surface area contributed by atoms with Crippen molar-refractivity contribution in [3.63, 3.8) is 0 Å². The van der Waals surface area contributed by atoms with E-state index in [4.69, 9.17) is 4.74 Å². The molecule has 2 unspecified atom stereocenters. The Kier molecular flexibility index (Phi) is 35.6. The van der Waals surface area contributed by atoms with Gasteiger partial charge >= 0.3 is 0 Å². The molecular weight excluding hydrogens is 1270 g/mol. The van der Waals surface area contributed by atoms with Crippen LogP contribution in [0, 0.1) is 0 Å². The first-order valence-electron chi connectivity index (χ1n) is 39.0. The lowest BCUT2D eigenvalue weighted by Crippen LogP contribution is -2.34. The van der Waals surface area contributed by atoms with Gasteiger partial charge in [0.1, 0.15) is 0 Å². The van der Waals surface area contributed by atoms with Crippen LogP contribution < -0.4 is 5.32 Å². The largest absolute Gasteiger partial charge is 0.378 e. The topological polar surface area (TPSA) is 132 Å². The van der Waals surface area contributed by atoms with Gasteiger partial charge in [-0.05, 0) is 207 Å². The number of amides is 2. The number of benzene rings is 5. The standard InChI is InChI=1S/C19H24N2O.2C19H29NO.C17H28N2O.C17H24O2/c1-19(2,3)17-7-5-16(6-8-17)18(22)21(4)14-11-15-9-12-20-13-10-15;1-19(2,3)17-11-9-16(10-12-17)18(21)8-7-15-20-13-5-4-6-14-20;1-5-20-14-6-7-17(20)12-13-18(21)15-8-10-16(11-9-15)19(2,3)4;1-6-19(7-2)13-12-18-16(20)14-8-10-15(11-9-14)17(3,4)5;1-17(2,3)14-8-6-13(7-9-14)16(18)11-10-15-5-4-12-19-15/h5-10,12-13H,11,14H2,1-4H3;9-12H,4-8,13-15H2,1-3H3;8-11,17H,5-7,12-14H2,1-4H3;8-11H,6-7,12-13H2,1-5H3,(H,18,20);6-9,15H,4-5,10-12H2,1-3H3. The summed E-state index contributed by atoms with van der Waals surface area (Å²) >= 11 is 0. The Morgan fingerprint density at radius 3 is 1.30 bits per heavy atom. The molecule has 3 aliphatic rings. The number of Topliss-reactive ketones (excluding diaryl/α,β-unsaturated/α-hetero) is 3. The fourth-order valence-corrected chi connectivity index (χ4v) is 13.0. The molecule has 0 radical (unpaired) electrons. The molecule has 3 fully saturated rings. The zero-order chi connectivity index (χ0) is 76.0. The number of ketones is 3. The Morgan fingerprint density at radius 2 is 0.893 bits per heavy atom. The molecule has 4 heterocycles. The third kappa shape index (κ3) is 30.9. The van der Waals surface area contributed by atoms with Crippen LogP contribution in [0.3, 0.4) is 0 Å². The van der Waals surface area contributed by atoms with Crippen molar-refractivity contribution in [2.45, 2.75) is 254 Å². The van der Waals surface area contributed by atoms with E-state index in [9.17, 15) is 24.0 Å². The van der Waals surface area contributed by atoms with Crippen LogP contribution in [-0.4, -0.2) is 145 Å². The maximum atomic E-state index is 12.4. The predicted molar refractivity (Wildman–Crippen MR) is 431 cm³/mol. The van der Waals surface area contributed by atoms with E-state index >= 15 is 0 Å². The summed E-state index contributed by atoms with van der Waals surface area (Å²) in [7, 11) is 1.85. The molecule has 12 heteroatoms. The first-order chi connectivity index (χ1) is 48.6. The lowest BCUT2D eigenvalue weighted by molar-refractivity contribution is 0.0795. The maximum absolute atomic E-state index is 12.4. The van der Waals surface area contributed by atoms with Gasteiger partial charge in [-0.2, -0.15) is 0 Å². The van der Waals surface area contributed by atoms with Crippen LogP contribution in [0.1, 0.15) is 293 Å².